The van der Waals surface area contributed by atoms with Crippen LogP contribution in [-0.4, -0.2) is 30.9 Å². The smallest absolute Gasteiger partial charge is 0.231 e. The molecular weight excluding hydrogens is 524 g/mol. The van der Waals surface area contributed by atoms with Crippen molar-refractivity contribution in [2.75, 3.05) is 26.4 Å². The van der Waals surface area contributed by atoms with Crippen molar-refractivity contribution in [1.29, 1.82) is 5.26 Å². The molecule has 2 aliphatic heterocycles. The van der Waals surface area contributed by atoms with Gasteiger partial charge in [-0.25, -0.2) is 0 Å². The second-order valence-corrected chi connectivity index (χ2v) is 11.1. The van der Waals surface area contributed by atoms with Gasteiger partial charge in [-0.2, -0.15) is 5.26 Å². The van der Waals surface area contributed by atoms with Crippen molar-refractivity contribution in [1.82, 2.24) is 0 Å². The molecule has 5 heteroatoms. The van der Waals surface area contributed by atoms with Gasteiger partial charge in [-0.3, -0.25) is 0 Å². The summed E-state index contributed by atoms with van der Waals surface area (Å²) in [5.41, 5.74) is 3.57. The van der Waals surface area contributed by atoms with Crippen molar-refractivity contribution in [2.24, 2.45) is 17.8 Å². The van der Waals surface area contributed by atoms with Crippen molar-refractivity contribution >= 4 is 0 Å². The zero-order valence-electron chi connectivity index (χ0n) is 21.5. The third-order valence-electron chi connectivity index (χ3n) is 9.11. The Bertz CT molecular complexity index is 1250. The SMILES string of the molecule is CCC(C#N)(CC1C2C[N+](CCc3ccc4c(c3)OCO4)(Cc3ccccc3)CC12)c1ccccc1.[Br-]. The van der Waals surface area contributed by atoms with E-state index in [9.17, 15) is 5.26 Å². The first-order valence-corrected chi connectivity index (χ1v) is 13.4. The van der Waals surface area contributed by atoms with Crippen LogP contribution in [0.25, 0.3) is 0 Å². The fourth-order valence-electron chi connectivity index (χ4n) is 6.98. The van der Waals surface area contributed by atoms with E-state index in [4.69, 9.17) is 9.47 Å². The Morgan fingerprint density at radius 1 is 0.892 bits per heavy atom. The van der Waals surface area contributed by atoms with Crippen LogP contribution in [-0.2, 0) is 18.4 Å². The average Bonchev–Trinajstić information content (AvgIpc) is 3.26. The predicted octanol–water partition coefficient (Wildman–Crippen LogP) is 3.12. The maximum atomic E-state index is 10.3. The number of likely N-dealkylation sites (tertiary alicyclic amines) is 1. The molecule has 3 aromatic carbocycles. The van der Waals surface area contributed by atoms with E-state index in [1.165, 1.54) is 29.8 Å². The standard InChI is InChI=1S/C32H35N2O2.BrH/c1-2-32(22-33,26-11-7-4-8-12-26)18-27-28-20-34(21-29(27)28,19-25-9-5-3-6-10-25)16-15-24-13-14-30-31(17-24)36-23-35-30;/h3-14,17,27-29H,2,15-16,18-21,23H2,1H3;1H/q+1;/p-1. The summed E-state index contributed by atoms with van der Waals surface area (Å²) >= 11 is 0. The Kier molecular flexibility index (Phi) is 7.34. The number of hydrogen-bond acceptors (Lipinski definition) is 3. The summed E-state index contributed by atoms with van der Waals surface area (Å²) in [7, 11) is 0. The van der Waals surface area contributed by atoms with Crippen molar-refractivity contribution in [2.45, 2.75) is 38.1 Å². The largest absolute Gasteiger partial charge is 1.00 e. The Morgan fingerprint density at radius 2 is 1.57 bits per heavy atom. The molecule has 3 aromatic rings. The molecule has 1 aliphatic carbocycles. The van der Waals surface area contributed by atoms with Crippen LogP contribution in [0.3, 0.4) is 0 Å². The highest BCUT2D eigenvalue weighted by atomic mass is 79.9. The molecule has 2 fully saturated rings. The third-order valence-corrected chi connectivity index (χ3v) is 9.11. The van der Waals surface area contributed by atoms with Crippen LogP contribution in [0, 0.1) is 29.1 Å². The van der Waals surface area contributed by atoms with Crippen molar-refractivity contribution < 1.29 is 30.9 Å². The Morgan fingerprint density at radius 3 is 2.24 bits per heavy atom. The second kappa shape index (κ2) is 10.5. The van der Waals surface area contributed by atoms with Gasteiger partial charge in [-0.15, -0.1) is 0 Å². The fourth-order valence-corrected chi connectivity index (χ4v) is 6.98. The van der Waals surface area contributed by atoms with Gasteiger partial charge in [0.25, 0.3) is 0 Å². The normalized spacial score (nSPS) is 26.4. The van der Waals surface area contributed by atoms with Gasteiger partial charge < -0.3 is 30.9 Å². The van der Waals surface area contributed by atoms with Gasteiger partial charge in [0.05, 0.1) is 31.1 Å². The van der Waals surface area contributed by atoms with Crippen LogP contribution < -0.4 is 26.5 Å². The monoisotopic (exact) mass is 558 g/mol. The molecule has 1 saturated heterocycles. The van der Waals surface area contributed by atoms with Gasteiger partial charge in [0.2, 0.25) is 6.79 Å². The number of fused-ring (bicyclic) bond motifs is 2. The van der Waals surface area contributed by atoms with E-state index in [0.29, 0.717) is 12.7 Å². The van der Waals surface area contributed by atoms with E-state index >= 15 is 0 Å². The van der Waals surface area contributed by atoms with E-state index in [1.54, 1.807) is 0 Å². The molecule has 3 unspecified atom stereocenters. The maximum absolute atomic E-state index is 10.3. The molecule has 37 heavy (non-hydrogen) atoms. The molecule has 0 aromatic heterocycles. The molecule has 1 saturated carbocycles. The second-order valence-electron chi connectivity index (χ2n) is 11.1. The van der Waals surface area contributed by atoms with Crippen LogP contribution in [0.2, 0.25) is 0 Å². The zero-order chi connectivity index (χ0) is 24.6. The van der Waals surface area contributed by atoms with E-state index in [2.05, 4.69) is 79.7 Å². The van der Waals surface area contributed by atoms with Gasteiger partial charge in [-0.05, 0) is 42.0 Å². The first-order chi connectivity index (χ1) is 17.6. The highest BCUT2D eigenvalue weighted by Crippen LogP contribution is 2.59. The molecule has 0 spiro atoms. The van der Waals surface area contributed by atoms with Gasteiger partial charge in [0.1, 0.15) is 6.54 Å². The summed E-state index contributed by atoms with van der Waals surface area (Å²) in [6.45, 7) is 7.15. The molecule has 0 radical (unpaired) electrons. The molecule has 4 nitrogen and oxygen atoms in total. The minimum Gasteiger partial charge on any atom is -1.00 e. The number of quaternary nitrogens is 1. The van der Waals surface area contributed by atoms with Crippen LogP contribution in [0.1, 0.15) is 36.5 Å². The van der Waals surface area contributed by atoms with Crippen LogP contribution >= 0.6 is 0 Å². The molecule has 0 bridgehead atoms. The topological polar surface area (TPSA) is 42.2 Å². The van der Waals surface area contributed by atoms with Crippen molar-refractivity contribution in [3.8, 4) is 17.6 Å². The van der Waals surface area contributed by atoms with Crippen molar-refractivity contribution in [3.63, 3.8) is 0 Å². The van der Waals surface area contributed by atoms with E-state index in [-0.39, 0.29) is 22.4 Å². The van der Waals surface area contributed by atoms with Crippen LogP contribution in [0.5, 0.6) is 11.5 Å². The molecule has 192 valence electrons. The lowest BCUT2D eigenvalue weighted by Gasteiger charge is -2.38. The number of halogens is 1. The van der Waals surface area contributed by atoms with Crippen LogP contribution in [0.4, 0.5) is 0 Å². The van der Waals surface area contributed by atoms with Crippen molar-refractivity contribution in [3.05, 3.63) is 95.6 Å². The molecule has 3 atom stereocenters. The Hall–Kier alpha value is -2.81. The van der Waals surface area contributed by atoms with Crippen LogP contribution in [0.15, 0.2) is 78.9 Å². The number of nitriles is 1. The number of piperidine rings is 1. The number of ether oxygens (including phenoxy) is 2. The van der Waals surface area contributed by atoms with E-state index < -0.39 is 0 Å². The van der Waals surface area contributed by atoms with Gasteiger partial charge >= 0.3 is 0 Å². The summed E-state index contributed by atoms with van der Waals surface area (Å²) in [6, 6.07) is 30.6. The lowest BCUT2D eigenvalue weighted by atomic mass is 9.74. The average molecular weight is 560 g/mol. The molecule has 3 aliphatic rings. The summed E-state index contributed by atoms with van der Waals surface area (Å²) in [5.74, 6) is 3.85. The minimum absolute atomic E-state index is 0. The molecule has 0 N–H and O–H groups in total. The molecule has 6 rings (SSSR count). The molecular formula is C32H35BrN2O2. The Labute approximate surface area is 231 Å². The number of benzene rings is 3. The number of hydrogen-bond donors (Lipinski definition) is 0. The quantitative estimate of drug-likeness (QED) is 0.379. The highest BCUT2D eigenvalue weighted by Gasteiger charge is 2.64. The first kappa shape index (κ1) is 25.8. The molecule has 2 heterocycles. The summed E-state index contributed by atoms with van der Waals surface area (Å²) in [4.78, 5) is 0. The summed E-state index contributed by atoms with van der Waals surface area (Å²) in [5, 5.41) is 10.3. The maximum Gasteiger partial charge on any atom is 0.231 e. The van der Waals surface area contributed by atoms with E-state index in [0.717, 1.165) is 60.2 Å². The fraction of sp³-hybridized carbons (Fsp3) is 0.406. The lowest BCUT2D eigenvalue weighted by Crippen LogP contribution is -3.00. The third kappa shape index (κ3) is 5.02. The number of rotatable bonds is 9. The van der Waals surface area contributed by atoms with Gasteiger partial charge in [0.15, 0.2) is 11.5 Å². The summed E-state index contributed by atoms with van der Waals surface area (Å²) in [6.07, 6.45) is 2.90. The lowest BCUT2D eigenvalue weighted by molar-refractivity contribution is -0.934. The first-order valence-electron chi connectivity index (χ1n) is 13.4. The highest BCUT2D eigenvalue weighted by molar-refractivity contribution is 5.44. The number of nitrogens with zero attached hydrogens (tertiary/aromatic N) is 2. The Balaban J connectivity index is 0.00000280. The van der Waals surface area contributed by atoms with Gasteiger partial charge in [-0.1, -0.05) is 73.7 Å². The van der Waals surface area contributed by atoms with Gasteiger partial charge in [0, 0.05) is 23.8 Å². The zero-order valence-corrected chi connectivity index (χ0v) is 23.1. The minimum atomic E-state index is -0.363. The summed E-state index contributed by atoms with van der Waals surface area (Å²) < 4.78 is 12.3. The van der Waals surface area contributed by atoms with E-state index in [1.807, 2.05) is 12.1 Å². The predicted molar refractivity (Wildman–Crippen MR) is 140 cm³/mol. The molecule has 0 amide bonds.